The predicted octanol–water partition coefficient (Wildman–Crippen LogP) is 4.03. The maximum atomic E-state index is 6.18. The van der Waals surface area contributed by atoms with E-state index in [1.54, 1.807) is 0 Å². The first-order valence-electron chi connectivity index (χ1n) is 7.78. The monoisotopic (exact) mass is 422 g/mol. The van der Waals surface area contributed by atoms with Crippen molar-refractivity contribution in [1.82, 2.24) is 0 Å². The molecule has 0 bridgehead atoms. The maximum Gasteiger partial charge on any atom is 0.537 e. The van der Waals surface area contributed by atoms with E-state index in [1.807, 2.05) is 0 Å². The molecule has 0 aliphatic carbocycles. The molecule has 0 saturated carbocycles. The van der Waals surface area contributed by atoms with E-state index in [9.17, 15) is 0 Å². The molecule has 0 aromatic heterocycles. The Morgan fingerprint density at radius 3 is 1.76 bits per heavy atom. The molecule has 0 fully saturated rings. The molecular formula is C16H27IO3Si. The Morgan fingerprint density at radius 1 is 0.905 bits per heavy atom. The normalized spacial score (nSPS) is 11.9. The second kappa shape index (κ2) is 9.94. The third-order valence-corrected chi connectivity index (χ3v) is 6.65. The number of benzene rings is 1. The highest BCUT2D eigenvalue weighted by Gasteiger charge is 2.44. The van der Waals surface area contributed by atoms with Crippen LogP contribution in [-0.2, 0) is 13.3 Å². The summed E-state index contributed by atoms with van der Waals surface area (Å²) in [6.07, 6.45) is 2.88. The molecule has 0 amide bonds. The first-order valence-corrected chi connectivity index (χ1v) is 10.6. The van der Waals surface area contributed by atoms with Crippen molar-refractivity contribution in [1.29, 1.82) is 0 Å². The average Bonchev–Trinajstić information content (AvgIpc) is 2.47. The molecule has 1 rings (SSSR count). The van der Waals surface area contributed by atoms with Crippen LogP contribution in [0.15, 0.2) is 18.2 Å². The summed E-state index contributed by atoms with van der Waals surface area (Å²) in [7, 11) is -2.81. The Balaban J connectivity index is 3.15. The largest absolute Gasteiger partial charge is 0.537 e. The molecule has 3 nitrogen and oxygen atoms in total. The van der Waals surface area contributed by atoms with Crippen molar-refractivity contribution in [3.8, 4) is 0 Å². The first-order chi connectivity index (χ1) is 10.1. The van der Waals surface area contributed by atoms with E-state index in [4.69, 9.17) is 13.3 Å². The molecule has 0 heterocycles. The Labute approximate surface area is 143 Å². The summed E-state index contributed by atoms with van der Waals surface area (Å²) in [6.45, 7) is 10.5. The second-order valence-electron chi connectivity index (χ2n) is 5.06. The van der Waals surface area contributed by atoms with Crippen LogP contribution in [-0.4, -0.2) is 28.6 Å². The lowest BCUT2D eigenvalue weighted by molar-refractivity contribution is 0.0731. The molecule has 0 aliphatic heterocycles. The molecule has 120 valence electrons. The summed E-state index contributed by atoms with van der Waals surface area (Å²) >= 11 is 2.33. The minimum atomic E-state index is -2.81. The van der Waals surface area contributed by atoms with Crippen molar-refractivity contribution in [2.24, 2.45) is 0 Å². The molecule has 5 heteroatoms. The number of hydrogen-bond acceptors (Lipinski definition) is 3. The molecule has 0 N–H and O–H groups in total. The van der Waals surface area contributed by atoms with Gasteiger partial charge in [0.05, 0.1) is 0 Å². The number of aryl methyl sites for hydroxylation is 1. The van der Waals surface area contributed by atoms with E-state index < -0.39 is 8.80 Å². The molecule has 0 atom stereocenters. The van der Waals surface area contributed by atoms with Gasteiger partial charge in [0.1, 0.15) is 0 Å². The fraction of sp³-hybridized carbons (Fsp3) is 0.625. The van der Waals surface area contributed by atoms with Crippen LogP contribution >= 0.6 is 22.6 Å². The Hall–Kier alpha value is 0.0469. The van der Waals surface area contributed by atoms with Crippen LogP contribution < -0.4 is 5.19 Å². The van der Waals surface area contributed by atoms with Gasteiger partial charge < -0.3 is 13.3 Å². The van der Waals surface area contributed by atoms with Crippen molar-refractivity contribution < 1.29 is 13.3 Å². The molecule has 0 spiro atoms. The van der Waals surface area contributed by atoms with Gasteiger partial charge in [0.2, 0.25) is 0 Å². The van der Waals surface area contributed by atoms with Crippen LogP contribution in [0.1, 0.15) is 45.6 Å². The van der Waals surface area contributed by atoms with Crippen LogP contribution in [0.25, 0.3) is 0 Å². The molecule has 0 unspecified atom stereocenters. The second-order valence-corrected chi connectivity index (χ2v) is 8.82. The van der Waals surface area contributed by atoms with Gasteiger partial charge in [0, 0.05) is 28.6 Å². The summed E-state index contributed by atoms with van der Waals surface area (Å²) in [5.74, 6) is 0. The first kappa shape index (κ1) is 19.1. The molecule has 0 aliphatic rings. The van der Waals surface area contributed by atoms with Gasteiger partial charge in [0.15, 0.2) is 0 Å². The zero-order valence-electron chi connectivity index (χ0n) is 13.6. The van der Waals surface area contributed by atoms with E-state index in [0.29, 0.717) is 19.8 Å². The highest BCUT2D eigenvalue weighted by atomic mass is 127. The molecule has 0 radical (unpaired) electrons. The predicted molar refractivity (Wildman–Crippen MR) is 98.0 cm³/mol. The number of halogens is 1. The van der Waals surface area contributed by atoms with Crippen LogP contribution in [0, 0.1) is 10.5 Å². The lowest BCUT2D eigenvalue weighted by atomic mass is 10.2. The fourth-order valence-electron chi connectivity index (χ4n) is 2.04. The highest BCUT2D eigenvalue weighted by Crippen LogP contribution is 2.16. The summed E-state index contributed by atoms with van der Waals surface area (Å²) in [5.41, 5.74) is 1.19. The summed E-state index contributed by atoms with van der Waals surface area (Å²) in [5, 5.41) is 1.11. The molecule has 1 aromatic rings. The smallest absolute Gasteiger partial charge is 0.370 e. The van der Waals surface area contributed by atoms with Gasteiger partial charge in [-0.3, -0.25) is 0 Å². The third kappa shape index (κ3) is 5.63. The van der Waals surface area contributed by atoms with Crippen molar-refractivity contribution in [2.75, 3.05) is 19.8 Å². The molecular weight excluding hydrogens is 395 g/mol. The Kier molecular flexibility index (Phi) is 9.04. The number of rotatable bonds is 10. The molecule has 21 heavy (non-hydrogen) atoms. The van der Waals surface area contributed by atoms with Gasteiger partial charge in [-0.2, -0.15) is 0 Å². The van der Waals surface area contributed by atoms with Crippen LogP contribution in [0.5, 0.6) is 0 Å². The fourth-order valence-corrected chi connectivity index (χ4v) is 5.66. The minimum absolute atomic E-state index is 0.672. The van der Waals surface area contributed by atoms with Gasteiger partial charge in [-0.25, -0.2) is 0 Å². The zero-order valence-corrected chi connectivity index (χ0v) is 16.7. The molecule has 0 saturated heterocycles. The van der Waals surface area contributed by atoms with Crippen molar-refractivity contribution in [3.05, 3.63) is 27.3 Å². The van der Waals surface area contributed by atoms with E-state index in [0.717, 1.165) is 24.4 Å². The maximum absolute atomic E-state index is 6.18. The Bertz CT molecular complexity index is 404. The van der Waals surface area contributed by atoms with Crippen LogP contribution in [0.3, 0.4) is 0 Å². The van der Waals surface area contributed by atoms with Gasteiger partial charge in [-0.1, -0.05) is 26.8 Å². The van der Waals surface area contributed by atoms with E-state index in [2.05, 4.69) is 68.5 Å². The van der Waals surface area contributed by atoms with Crippen LogP contribution in [0.2, 0.25) is 0 Å². The third-order valence-electron chi connectivity index (χ3n) is 3.01. The quantitative estimate of drug-likeness (QED) is 0.421. The zero-order chi connectivity index (χ0) is 15.7. The Morgan fingerprint density at radius 2 is 1.38 bits per heavy atom. The van der Waals surface area contributed by atoms with Gasteiger partial charge >= 0.3 is 8.80 Å². The lowest BCUT2D eigenvalue weighted by Gasteiger charge is -2.31. The van der Waals surface area contributed by atoms with Crippen LogP contribution in [0.4, 0.5) is 0 Å². The lowest BCUT2D eigenvalue weighted by Crippen LogP contribution is -2.58. The topological polar surface area (TPSA) is 27.7 Å². The van der Waals surface area contributed by atoms with E-state index >= 15 is 0 Å². The SMILES string of the molecule is CCCO[Si](OCCC)(OCCC)c1ccc(I)cc1C. The van der Waals surface area contributed by atoms with E-state index in [1.165, 1.54) is 9.13 Å². The molecule has 1 aromatic carbocycles. The van der Waals surface area contributed by atoms with Crippen molar-refractivity contribution in [2.45, 2.75) is 47.0 Å². The average molecular weight is 422 g/mol. The van der Waals surface area contributed by atoms with E-state index in [-0.39, 0.29) is 0 Å². The standard InChI is InChI=1S/C16H27IO3Si/c1-5-10-18-21(19-11-6-2,20-12-7-3)16-9-8-15(17)13-14(16)4/h8-9,13H,5-7,10-12H2,1-4H3. The minimum Gasteiger partial charge on any atom is -0.370 e. The summed E-state index contributed by atoms with van der Waals surface area (Å²) in [6, 6.07) is 6.38. The number of hydrogen-bond donors (Lipinski definition) is 0. The highest BCUT2D eigenvalue weighted by molar-refractivity contribution is 14.1. The van der Waals surface area contributed by atoms with Gasteiger partial charge in [-0.05, 0) is 66.5 Å². The van der Waals surface area contributed by atoms with Gasteiger partial charge in [0.25, 0.3) is 0 Å². The summed E-state index contributed by atoms with van der Waals surface area (Å²) < 4.78 is 19.8. The van der Waals surface area contributed by atoms with Crippen molar-refractivity contribution >= 4 is 36.6 Å². The summed E-state index contributed by atoms with van der Waals surface area (Å²) in [4.78, 5) is 0. The van der Waals surface area contributed by atoms with Crippen molar-refractivity contribution in [3.63, 3.8) is 0 Å². The van der Waals surface area contributed by atoms with Gasteiger partial charge in [-0.15, -0.1) is 0 Å².